The summed E-state index contributed by atoms with van der Waals surface area (Å²) in [5.74, 6) is 0.594. The van der Waals surface area contributed by atoms with Crippen molar-refractivity contribution in [2.75, 3.05) is 23.1 Å². The number of halogens is 1. The first-order chi connectivity index (χ1) is 13.0. The number of rotatable bonds is 7. The van der Waals surface area contributed by atoms with E-state index in [1.165, 1.54) is 7.11 Å². The highest BCUT2D eigenvalue weighted by atomic mass is 35.5. The predicted octanol–water partition coefficient (Wildman–Crippen LogP) is 4.14. The molecule has 0 aliphatic heterocycles. The molecule has 1 aliphatic carbocycles. The molecule has 2 amide bonds. The third-order valence-electron chi connectivity index (χ3n) is 4.30. The van der Waals surface area contributed by atoms with Crippen molar-refractivity contribution in [3.05, 3.63) is 47.5 Å². The van der Waals surface area contributed by atoms with Crippen LogP contribution >= 0.6 is 11.6 Å². The van der Waals surface area contributed by atoms with E-state index in [-0.39, 0.29) is 17.7 Å². The third kappa shape index (κ3) is 5.14. The van der Waals surface area contributed by atoms with Crippen LogP contribution < -0.4 is 20.7 Å². The van der Waals surface area contributed by atoms with Crippen LogP contribution in [-0.2, 0) is 9.59 Å². The Morgan fingerprint density at radius 3 is 2.26 bits per heavy atom. The van der Waals surface area contributed by atoms with Crippen molar-refractivity contribution >= 4 is 40.5 Å². The van der Waals surface area contributed by atoms with E-state index in [4.69, 9.17) is 16.3 Å². The fourth-order valence-electron chi connectivity index (χ4n) is 2.55. The lowest BCUT2D eigenvalue weighted by atomic mass is 10.2. The average molecular weight is 388 g/mol. The Balaban J connectivity index is 1.54. The van der Waals surface area contributed by atoms with Gasteiger partial charge in [0.2, 0.25) is 11.8 Å². The van der Waals surface area contributed by atoms with Gasteiger partial charge in [-0.3, -0.25) is 9.59 Å². The van der Waals surface area contributed by atoms with Gasteiger partial charge in [-0.2, -0.15) is 0 Å². The van der Waals surface area contributed by atoms with Crippen LogP contribution in [0.2, 0.25) is 5.02 Å². The van der Waals surface area contributed by atoms with Crippen molar-refractivity contribution in [2.45, 2.75) is 25.8 Å². The molecule has 0 unspecified atom stereocenters. The van der Waals surface area contributed by atoms with Crippen molar-refractivity contribution in [2.24, 2.45) is 5.92 Å². The number of amides is 2. The van der Waals surface area contributed by atoms with Gasteiger partial charge in [0.1, 0.15) is 11.8 Å². The number of hydrogen-bond acceptors (Lipinski definition) is 4. The van der Waals surface area contributed by atoms with Crippen LogP contribution in [0.5, 0.6) is 5.75 Å². The molecule has 1 saturated carbocycles. The van der Waals surface area contributed by atoms with Crippen molar-refractivity contribution in [3.8, 4) is 5.75 Å². The van der Waals surface area contributed by atoms with E-state index >= 15 is 0 Å². The quantitative estimate of drug-likeness (QED) is 0.667. The monoisotopic (exact) mass is 387 g/mol. The lowest BCUT2D eigenvalue weighted by Crippen LogP contribution is -2.31. The maximum atomic E-state index is 12.4. The summed E-state index contributed by atoms with van der Waals surface area (Å²) in [6, 6.07) is 11.9. The Hall–Kier alpha value is -2.73. The van der Waals surface area contributed by atoms with E-state index in [0.29, 0.717) is 16.5 Å². The molecule has 0 spiro atoms. The summed E-state index contributed by atoms with van der Waals surface area (Å²) in [5, 5.41) is 9.26. The molecular weight excluding hydrogens is 366 g/mol. The van der Waals surface area contributed by atoms with Gasteiger partial charge in [0.15, 0.2) is 0 Å². The molecule has 0 heterocycles. The zero-order valence-electron chi connectivity index (χ0n) is 15.2. The van der Waals surface area contributed by atoms with Crippen LogP contribution in [0.1, 0.15) is 19.8 Å². The van der Waals surface area contributed by atoms with Crippen LogP contribution in [0.3, 0.4) is 0 Å². The van der Waals surface area contributed by atoms with Gasteiger partial charge in [0, 0.05) is 23.0 Å². The van der Waals surface area contributed by atoms with E-state index in [9.17, 15) is 9.59 Å². The van der Waals surface area contributed by atoms with E-state index in [2.05, 4.69) is 16.0 Å². The maximum absolute atomic E-state index is 12.4. The first-order valence-corrected chi connectivity index (χ1v) is 9.16. The average Bonchev–Trinajstić information content (AvgIpc) is 3.48. The highest BCUT2D eigenvalue weighted by Crippen LogP contribution is 2.30. The zero-order chi connectivity index (χ0) is 19.4. The van der Waals surface area contributed by atoms with Gasteiger partial charge >= 0.3 is 0 Å². The minimum Gasteiger partial charge on any atom is -0.495 e. The summed E-state index contributed by atoms with van der Waals surface area (Å²) in [7, 11) is 1.54. The number of anilines is 3. The predicted molar refractivity (Wildman–Crippen MR) is 108 cm³/mol. The smallest absolute Gasteiger partial charge is 0.246 e. The summed E-state index contributed by atoms with van der Waals surface area (Å²) in [4.78, 5) is 24.1. The second-order valence-electron chi connectivity index (χ2n) is 6.55. The number of nitrogens with one attached hydrogen (secondary N) is 3. The summed E-state index contributed by atoms with van der Waals surface area (Å²) < 4.78 is 5.10. The molecule has 3 rings (SSSR count). The zero-order valence-corrected chi connectivity index (χ0v) is 16.0. The Kier molecular flexibility index (Phi) is 5.86. The van der Waals surface area contributed by atoms with Crippen molar-refractivity contribution in [1.29, 1.82) is 0 Å². The van der Waals surface area contributed by atoms with Crippen LogP contribution in [0.4, 0.5) is 17.1 Å². The molecule has 7 heteroatoms. The minimum atomic E-state index is -0.460. The van der Waals surface area contributed by atoms with Crippen molar-refractivity contribution in [3.63, 3.8) is 0 Å². The number of carbonyl (C=O) groups is 2. The molecule has 2 aromatic carbocycles. The molecule has 1 fully saturated rings. The Labute approximate surface area is 163 Å². The normalized spacial score (nSPS) is 14.2. The summed E-state index contributed by atoms with van der Waals surface area (Å²) in [5.41, 5.74) is 2.13. The Morgan fingerprint density at radius 2 is 1.67 bits per heavy atom. The van der Waals surface area contributed by atoms with Gasteiger partial charge in [0.05, 0.1) is 12.1 Å². The second kappa shape index (κ2) is 8.31. The minimum absolute atomic E-state index is 0.0709. The largest absolute Gasteiger partial charge is 0.495 e. The summed E-state index contributed by atoms with van der Waals surface area (Å²) in [6.45, 7) is 1.77. The molecule has 0 saturated heterocycles. The number of hydrogen-bond donors (Lipinski definition) is 3. The molecule has 0 aromatic heterocycles. The Bertz CT molecular complexity index is 835. The Morgan fingerprint density at radius 1 is 1.04 bits per heavy atom. The molecule has 3 N–H and O–H groups in total. The summed E-state index contributed by atoms with van der Waals surface area (Å²) >= 11 is 6.07. The van der Waals surface area contributed by atoms with E-state index in [0.717, 1.165) is 24.2 Å². The molecule has 0 bridgehead atoms. The fourth-order valence-corrected chi connectivity index (χ4v) is 2.81. The van der Waals surface area contributed by atoms with Gasteiger partial charge < -0.3 is 20.7 Å². The molecule has 1 atom stereocenters. The van der Waals surface area contributed by atoms with Crippen molar-refractivity contribution < 1.29 is 14.3 Å². The summed E-state index contributed by atoms with van der Waals surface area (Å²) in [6.07, 6.45) is 1.94. The molecule has 2 aromatic rings. The standard InChI is InChI=1S/C20H22ClN3O3/c1-12(19(25)24-16-9-10-18(27-2)17(21)11-16)22-14-5-7-15(8-6-14)23-20(26)13-3-4-13/h5-13,22H,3-4H2,1-2H3,(H,23,26)(H,24,25)/t12-/m0/s1. The highest BCUT2D eigenvalue weighted by molar-refractivity contribution is 6.32. The van der Waals surface area contributed by atoms with Gasteiger partial charge in [0.25, 0.3) is 0 Å². The SMILES string of the molecule is COc1ccc(NC(=O)[C@H](C)Nc2ccc(NC(=O)C3CC3)cc2)cc1Cl. The van der Waals surface area contributed by atoms with E-state index in [1.54, 1.807) is 25.1 Å². The van der Waals surface area contributed by atoms with Gasteiger partial charge in [-0.15, -0.1) is 0 Å². The van der Waals surface area contributed by atoms with E-state index in [1.807, 2.05) is 24.3 Å². The van der Waals surface area contributed by atoms with Gasteiger partial charge in [-0.25, -0.2) is 0 Å². The molecule has 1 aliphatic rings. The lowest BCUT2D eigenvalue weighted by molar-refractivity contribution is -0.117. The van der Waals surface area contributed by atoms with Crippen LogP contribution in [0.15, 0.2) is 42.5 Å². The molecule has 0 radical (unpaired) electrons. The lowest BCUT2D eigenvalue weighted by Gasteiger charge is -2.16. The van der Waals surface area contributed by atoms with Crippen molar-refractivity contribution in [1.82, 2.24) is 0 Å². The number of benzene rings is 2. The number of carbonyl (C=O) groups excluding carboxylic acids is 2. The third-order valence-corrected chi connectivity index (χ3v) is 4.59. The second-order valence-corrected chi connectivity index (χ2v) is 6.95. The first-order valence-electron chi connectivity index (χ1n) is 8.78. The molecule has 6 nitrogen and oxygen atoms in total. The van der Waals surface area contributed by atoms with Crippen LogP contribution in [0.25, 0.3) is 0 Å². The first kappa shape index (κ1) is 19.0. The van der Waals surface area contributed by atoms with Gasteiger partial charge in [-0.1, -0.05) is 11.6 Å². The molecule has 142 valence electrons. The fraction of sp³-hybridized carbons (Fsp3) is 0.300. The molecule has 27 heavy (non-hydrogen) atoms. The van der Waals surface area contributed by atoms with Crippen LogP contribution in [0, 0.1) is 5.92 Å². The van der Waals surface area contributed by atoms with E-state index < -0.39 is 6.04 Å². The maximum Gasteiger partial charge on any atom is 0.246 e. The molecular formula is C20H22ClN3O3. The highest BCUT2D eigenvalue weighted by Gasteiger charge is 2.29. The number of methoxy groups -OCH3 is 1. The van der Waals surface area contributed by atoms with Crippen LogP contribution in [-0.4, -0.2) is 25.0 Å². The number of ether oxygens (including phenoxy) is 1. The van der Waals surface area contributed by atoms with Gasteiger partial charge in [-0.05, 0) is 62.2 Å². The topological polar surface area (TPSA) is 79.5 Å².